The number of halogens is 1. The Morgan fingerprint density at radius 3 is 2.44 bits per heavy atom. The molecule has 1 fully saturated rings. The predicted octanol–water partition coefficient (Wildman–Crippen LogP) is 3.28. The number of fused-ring (bicyclic) bond motifs is 1. The number of ether oxygens (including phenoxy) is 2. The molecule has 0 amide bonds. The van der Waals surface area contributed by atoms with Crippen LogP contribution < -0.4 is 14.4 Å². The zero-order valence-corrected chi connectivity index (χ0v) is 21.6. The minimum atomic E-state index is -3.69. The monoisotopic (exact) mass is 528 g/mol. The van der Waals surface area contributed by atoms with Gasteiger partial charge >= 0.3 is 0 Å². The summed E-state index contributed by atoms with van der Waals surface area (Å²) >= 11 is 6.19. The third kappa shape index (κ3) is 4.12. The lowest BCUT2D eigenvalue weighted by molar-refractivity contribution is 0.355. The molecule has 0 aliphatic carbocycles. The number of piperazine rings is 1. The second-order valence-electron chi connectivity index (χ2n) is 8.29. The van der Waals surface area contributed by atoms with E-state index in [1.54, 1.807) is 50.1 Å². The molecule has 0 bridgehead atoms. The van der Waals surface area contributed by atoms with Crippen LogP contribution in [0.15, 0.2) is 53.8 Å². The smallest absolute Gasteiger partial charge is 0.254 e. The SMILES string of the molecule is COc1ccc(-c2cnc3ncnn3c2N2CCN(S(=O)(=O)c3cccc(Cl)c3C)CC2)cc1OC. The number of nitrogens with zero attached hydrogens (tertiary/aromatic N) is 6. The molecule has 0 spiro atoms. The van der Waals surface area contributed by atoms with Crippen LogP contribution in [0.1, 0.15) is 5.56 Å². The van der Waals surface area contributed by atoms with Crippen LogP contribution in [0.4, 0.5) is 5.82 Å². The highest BCUT2D eigenvalue weighted by atomic mass is 35.5. The van der Waals surface area contributed by atoms with Gasteiger partial charge in [0, 0.05) is 43.0 Å². The molecule has 0 atom stereocenters. The minimum Gasteiger partial charge on any atom is -0.493 e. The van der Waals surface area contributed by atoms with E-state index >= 15 is 0 Å². The van der Waals surface area contributed by atoms with Gasteiger partial charge in [-0.3, -0.25) is 0 Å². The van der Waals surface area contributed by atoms with Crippen LogP contribution in [0.25, 0.3) is 16.9 Å². The fourth-order valence-electron chi connectivity index (χ4n) is 4.43. The van der Waals surface area contributed by atoms with Crippen molar-refractivity contribution in [1.82, 2.24) is 23.9 Å². The van der Waals surface area contributed by atoms with Gasteiger partial charge in [0.05, 0.1) is 19.1 Å². The Bertz CT molecular complexity index is 1530. The van der Waals surface area contributed by atoms with Gasteiger partial charge in [-0.25, -0.2) is 13.4 Å². The fraction of sp³-hybridized carbons (Fsp3) is 0.292. The first-order valence-corrected chi connectivity index (χ1v) is 13.1. The molecule has 1 aliphatic heterocycles. The van der Waals surface area contributed by atoms with Crippen molar-refractivity contribution in [2.45, 2.75) is 11.8 Å². The van der Waals surface area contributed by atoms with Gasteiger partial charge < -0.3 is 14.4 Å². The number of aromatic nitrogens is 4. The number of sulfonamides is 1. The molecule has 1 saturated heterocycles. The topological polar surface area (TPSA) is 102 Å². The predicted molar refractivity (Wildman–Crippen MR) is 136 cm³/mol. The molecule has 1 aliphatic rings. The summed E-state index contributed by atoms with van der Waals surface area (Å²) < 4.78 is 40.8. The quantitative estimate of drug-likeness (QED) is 0.376. The summed E-state index contributed by atoms with van der Waals surface area (Å²) in [5, 5.41) is 4.82. The third-order valence-electron chi connectivity index (χ3n) is 6.35. The van der Waals surface area contributed by atoms with Gasteiger partial charge in [-0.2, -0.15) is 18.9 Å². The highest BCUT2D eigenvalue weighted by molar-refractivity contribution is 7.89. The molecule has 188 valence electrons. The van der Waals surface area contributed by atoms with Crippen LogP contribution >= 0.6 is 11.6 Å². The van der Waals surface area contributed by atoms with E-state index in [1.165, 1.54) is 10.6 Å². The van der Waals surface area contributed by atoms with Crippen LogP contribution in [0, 0.1) is 6.92 Å². The van der Waals surface area contributed by atoms with Crippen molar-refractivity contribution in [2.75, 3.05) is 45.3 Å². The highest BCUT2D eigenvalue weighted by Crippen LogP contribution is 2.37. The highest BCUT2D eigenvalue weighted by Gasteiger charge is 2.32. The van der Waals surface area contributed by atoms with Gasteiger partial charge in [0.1, 0.15) is 12.1 Å². The number of rotatable bonds is 6. The van der Waals surface area contributed by atoms with Gasteiger partial charge in [0.25, 0.3) is 5.78 Å². The van der Waals surface area contributed by atoms with Crippen molar-refractivity contribution in [3.8, 4) is 22.6 Å². The van der Waals surface area contributed by atoms with E-state index in [0.717, 1.165) is 16.9 Å². The Hall–Kier alpha value is -3.41. The molecule has 5 rings (SSSR count). The van der Waals surface area contributed by atoms with E-state index in [0.29, 0.717) is 54.0 Å². The molecule has 36 heavy (non-hydrogen) atoms. The van der Waals surface area contributed by atoms with Gasteiger partial charge in [-0.15, -0.1) is 0 Å². The second kappa shape index (κ2) is 9.57. The van der Waals surface area contributed by atoms with Crippen LogP contribution in [0.5, 0.6) is 11.5 Å². The molecule has 0 unspecified atom stereocenters. The maximum absolute atomic E-state index is 13.4. The van der Waals surface area contributed by atoms with Gasteiger partial charge in [0.2, 0.25) is 10.0 Å². The largest absolute Gasteiger partial charge is 0.493 e. The molecule has 4 aromatic rings. The fourth-order valence-corrected chi connectivity index (χ4v) is 6.33. The zero-order chi connectivity index (χ0) is 25.4. The molecule has 12 heteroatoms. The summed E-state index contributed by atoms with van der Waals surface area (Å²) in [6.45, 7) is 3.24. The first-order chi connectivity index (χ1) is 17.3. The summed E-state index contributed by atoms with van der Waals surface area (Å²) in [4.78, 5) is 11.0. The molecule has 0 radical (unpaired) electrons. The molecular weight excluding hydrogens is 504 g/mol. The standard InChI is InChI=1S/C24H25ClN6O4S/c1-16-19(25)5-4-6-22(16)36(32,33)30-11-9-29(10-12-30)23-18(14-26-24-27-15-28-31(23)24)17-7-8-20(34-2)21(13-17)35-3/h4-8,13-15H,9-12H2,1-3H3. The lowest BCUT2D eigenvalue weighted by Gasteiger charge is -2.36. The van der Waals surface area contributed by atoms with E-state index in [9.17, 15) is 8.42 Å². The lowest BCUT2D eigenvalue weighted by Crippen LogP contribution is -2.49. The average Bonchev–Trinajstić information content (AvgIpc) is 3.38. The molecule has 3 heterocycles. The Kier molecular flexibility index (Phi) is 6.45. The van der Waals surface area contributed by atoms with Crippen LogP contribution in [0.2, 0.25) is 5.02 Å². The van der Waals surface area contributed by atoms with E-state index in [2.05, 4.69) is 20.0 Å². The Labute approximate surface area is 214 Å². The maximum Gasteiger partial charge on any atom is 0.254 e. The Morgan fingerprint density at radius 2 is 1.72 bits per heavy atom. The third-order valence-corrected chi connectivity index (χ3v) is 8.80. The minimum absolute atomic E-state index is 0.233. The van der Waals surface area contributed by atoms with E-state index in [-0.39, 0.29) is 4.90 Å². The van der Waals surface area contributed by atoms with E-state index < -0.39 is 10.0 Å². The molecule has 2 aromatic carbocycles. The summed E-state index contributed by atoms with van der Waals surface area (Å²) in [5.74, 6) is 2.44. The van der Waals surface area contributed by atoms with Crippen molar-refractivity contribution in [2.24, 2.45) is 0 Å². The molecule has 0 saturated carbocycles. The second-order valence-corrected chi connectivity index (χ2v) is 10.6. The van der Waals surface area contributed by atoms with Crippen LogP contribution in [-0.4, -0.2) is 72.7 Å². The molecule has 0 N–H and O–H groups in total. The number of hydrogen-bond donors (Lipinski definition) is 0. The van der Waals surface area contributed by atoms with Crippen molar-refractivity contribution < 1.29 is 17.9 Å². The van der Waals surface area contributed by atoms with Gasteiger partial charge in [-0.05, 0) is 42.3 Å². The van der Waals surface area contributed by atoms with E-state index in [1.807, 2.05) is 18.2 Å². The molecule has 10 nitrogen and oxygen atoms in total. The Balaban J connectivity index is 1.49. The number of methoxy groups -OCH3 is 2. The Morgan fingerprint density at radius 1 is 0.972 bits per heavy atom. The van der Waals surface area contributed by atoms with Crippen molar-refractivity contribution in [3.05, 3.63) is 59.5 Å². The summed E-state index contributed by atoms with van der Waals surface area (Å²) in [5.41, 5.74) is 2.23. The number of anilines is 1. The number of hydrogen-bond acceptors (Lipinski definition) is 8. The molecular formula is C24H25ClN6O4S. The van der Waals surface area contributed by atoms with Crippen LogP contribution in [0.3, 0.4) is 0 Å². The first kappa shape index (κ1) is 24.3. The van der Waals surface area contributed by atoms with Crippen molar-refractivity contribution >= 4 is 33.2 Å². The lowest BCUT2D eigenvalue weighted by atomic mass is 10.1. The van der Waals surface area contributed by atoms with E-state index in [4.69, 9.17) is 21.1 Å². The molecule has 2 aromatic heterocycles. The maximum atomic E-state index is 13.4. The normalized spacial score (nSPS) is 14.8. The first-order valence-electron chi connectivity index (χ1n) is 11.3. The summed E-state index contributed by atoms with van der Waals surface area (Å²) in [6, 6.07) is 10.6. The number of benzene rings is 2. The van der Waals surface area contributed by atoms with Crippen LogP contribution in [-0.2, 0) is 10.0 Å². The zero-order valence-electron chi connectivity index (χ0n) is 20.0. The van der Waals surface area contributed by atoms with Gasteiger partial charge in [-0.1, -0.05) is 23.7 Å². The average molecular weight is 529 g/mol. The summed E-state index contributed by atoms with van der Waals surface area (Å²) in [6.07, 6.45) is 3.20. The van der Waals surface area contributed by atoms with Crippen molar-refractivity contribution in [3.63, 3.8) is 0 Å². The summed E-state index contributed by atoms with van der Waals surface area (Å²) in [7, 11) is -0.513. The van der Waals surface area contributed by atoms with Gasteiger partial charge in [0.15, 0.2) is 11.5 Å². The van der Waals surface area contributed by atoms with Crippen molar-refractivity contribution in [1.29, 1.82) is 0 Å².